The van der Waals surface area contributed by atoms with E-state index in [9.17, 15) is 14.4 Å². The van der Waals surface area contributed by atoms with Gasteiger partial charge in [0, 0.05) is 0 Å². The molecule has 5 nitrogen and oxygen atoms in total. The monoisotopic (exact) mass is 352 g/mol. The van der Waals surface area contributed by atoms with Crippen LogP contribution in [-0.2, 0) is 20.8 Å². The van der Waals surface area contributed by atoms with Gasteiger partial charge in [-0.1, -0.05) is 36.4 Å². The molecular weight excluding hydrogens is 328 g/mol. The molecule has 26 heavy (non-hydrogen) atoms. The van der Waals surface area contributed by atoms with Gasteiger partial charge in [-0.05, 0) is 50.2 Å². The molecule has 0 saturated carbocycles. The van der Waals surface area contributed by atoms with Gasteiger partial charge >= 0.3 is 0 Å². The van der Waals surface area contributed by atoms with Gasteiger partial charge in [0.1, 0.15) is 6.04 Å². The number of nitrogens with one attached hydrogen (secondary N) is 1. The maximum Gasteiger partial charge on any atom is 0.243 e. The third kappa shape index (κ3) is 2.75. The molecule has 1 aliphatic heterocycles. The molecular formula is C21H24N2O3. The second kappa shape index (κ2) is 6.71. The number of hydrogen-bond donors (Lipinski definition) is 1. The molecule has 0 aromatic heterocycles. The molecule has 1 aromatic rings. The summed E-state index contributed by atoms with van der Waals surface area (Å²) in [6.45, 7) is 1.66. The Kier molecular flexibility index (Phi) is 4.39. The minimum atomic E-state index is -0.769. The molecule has 4 rings (SSSR count). The van der Waals surface area contributed by atoms with Crippen molar-refractivity contribution in [3.63, 3.8) is 0 Å². The highest BCUT2D eigenvalue weighted by Gasteiger charge is 2.50. The van der Waals surface area contributed by atoms with E-state index in [4.69, 9.17) is 0 Å². The third-order valence-corrected chi connectivity index (χ3v) is 5.99. The lowest BCUT2D eigenvalue weighted by molar-refractivity contribution is -0.147. The summed E-state index contributed by atoms with van der Waals surface area (Å²) < 4.78 is 0. The summed E-state index contributed by atoms with van der Waals surface area (Å²) in [5, 5.41) is 3.07. The Balaban J connectivity index is 1.49. The molecule has 0 spiro atoms. The summed E-state index contributed by atoms with van der Waals surface area (Å²) in [4.78, 5) is 39.4. The Bertz CT molecular complexity index is 759. The molecule has 136 valence electrons. The van der Waals surface area contributed by atoms with Crippen LogP contribution in [0.1, 0.15) is 49.8 Å². The minimum absolute atomic E-state index is 0.0494. The summed E-state index contributed by atoms with van der Waals surface area (Å²) in [7, 11) is 0. The molecule has 4 atom stereocenters. The summed E-state index contributed by atoms with van der Waals surface area (Å²) in [5.41, 5.74) is 2.42. The Morgan fingerprint density at radius 2 is 1.77 bits per heavy atom. The van der Waals surface area contributed by atoms with Crippen molar-refractivity contribution in [1.82, 2.24) is 10.2 Å². The van der Waals surface area contributed by atoms with Gasteiger partial charge in [0.05, 0.1) is 17.9 Å². The van der Waals surface area contributed by atoms with Crippen molar-refractivity contribution in [2.24, 2.45) is 11.8 Å². The molecule has 1 N–H and O–H groups in total. The van der Waals surface area contributed by atoms with E-state index in [0.717, 1.165) is 24.8 Å². The molecule has 3 aliphatic rings. The van der Waals surface area contributed by atoms with Crippen molar-refractivity contribution in [2.75, 3.05) is 0 Å². The van der Waals surface area contributed by atoms with Gasteiger partial charge in [-0.15, -0.1) is 0 Å². The largest absolute Gasteiger partial charge is 0.347 e. The van der Waals surface area contributed by atoms with Crippen molar-refractivity contribution in [2.45, 2.75) is 51.1 Å². The maximum atomic E-state index is 12.8. The molecule has 0 bridgehead atoms. The van der Waals surface area contributed by atoms with Gasteiger partial charge in [0.25, 0.3) is 0 Å². The second-order valence-electron chi connectivity index (χ2n) is 7.53. The van der Waals surface area contributed by atoms with E-state index in [2.05, 4.69) is 17.4 Å². The topological polar surface area (TPSA) is 66.5 Å². The number of carbonyl (C=O) groups excluding carboxylic acids is 3. The first-order valence-electron chi connectivity index (χ1n) is 9.48. The molecule has 1 saturated heterocycles. The number of nitrogens with zero attached hydrogens (tertiary/aromatic N) is 1. The maximum absolute atomic E-state index is 12.8. The first-order valence-corrected chi connectivity index (χ1v) is 9.48. The van der Waals surface area contributed by atoms with Crippen molar-refractivity contribution in [3.05, 3.63) is 47.5 Å². The standard InChI is InChI=1S/C21H24N2O3/c1-13(23-20(25)16-10-4-5-11-17(16)21(23)26)19(24)22-18-12-6-8-14-7-2-3-9-15(14)18/h2-5,7,9,13,16-18H,6,8,10-12H2,1H3,(H,22,24)/t13-,16-,17-,18+/m0/s1. The predicted molar refractivity (Wildman–Crippen MR) is 96.9 cm³/mol. The van der Waals surface area contributed by atoms with Crippen LogP contribution in [0.5, 0.6) is 0 Å². The number of imide groups is 1. The van der Waals surface area contributed by atoms with Gasteiger partial charge < -0.3 is 5.32 Å². The number of likely N-dealkylation sites (tertiary alicyclic amines) is 1. The van der Waals surface area contributed by atoms with Crippen LogP contribution in [-0.4, -0.2) is 28.7 Å². The van der Waals surface area contributed by atoms with E-state index >= 15 is 0 Å². The van der Waals surface area contributed by atoms with Gasteiger partial charge in [-0.3, -0.25) is 19.3 Å². The lowest BCUT2D eigenvalue weighted by Gasteiger charge is -2.29. The fourth-order valence-electron chi connectivity index (χ4n) is 4.52. The molecule has 1 aromatic carbocycles. The van der Waals surface area contributed by atoms with E-state index in [1.54, 1.807) is 6.92 Å². The smallest absolute Gasteiger partial charge is 0.243 e. The van der Waals surface area contributed by atoms with Crippen LogP contribution in [0.3, 0.4) is 0 Å². The number of hydrogen-bond acceptors (Lipinski definition) is 3. The third-order valence-electron chi connectivity index (χ3n) is 5.99. The van der Waals surface area contributed by atoms with Crippen LogP contribution in [0.4, 0.5) is 0 Å². The van der Waals surface area contributed by atoms with Crippen LogP contribution < -0.4 is 5.32 Å². The Morgan fingerprint density at radius 1 is 1.12 bits per heavy atom. The molecule has 5 heteroatoms. The fraction of sp³-hybridized carbons (Fsp3) is 0.476. The van der Waals surface area contributed by atoms with E-state index in [1.165, 1.54) is 10.5 Å². The summed E-state index contributed by atoms with van der Waals surface area (Å²) in [6.07, 6.45) is 8.03. The highest BCUT2D eigenvalue weighted by molar-refractivity contribution is 6.08. The highest BCUT2D eigenvalue weighted by atomic mass is 16.2. The number of allylic oxidation sites excluding steroid dienone is 2. The van der Waals surface area contributed by atoms with Crippen molar-refractivity contribution in [1.29, 1.82) is 0 Å². The fourth-order valence-corrected chi connectivity index (χ4v) is 4.52. The Labute approximate surface area is 153 Å². The lowest BCUT2D eigenvalue weighted by Crippen LogP contribution is -2.49. The first-order chi connectivity index (χ1) is 12.6. The number of aryl methyl sites for hydroxylation is 1. The number of carbonyl (C=O) groups is 3. The summed E-state index contributed by atoms with van der Waals surface area (Å²) in [6, 6.07) is 7.33. The second-order valence-corrected chi connectivity index (χ2v) is 7.53. The minimum Gasteiger partial charge on any atom is -0.347 e. The molecule has 0 radical (unpaired) electrons. The van der Waals surface area contributed by atoms with Gasteiger partial charge in [0.15, 0.2) is 0 Å². The quantitative estimate of drug-likeness (QED) is 0.671. The van der Waals surface area contributed by atoms with Crippen LogP contribution >= 0.6 is 0 Å². The van der Waals surface area contributed by atoms with Crippen LogP contribution in [0.25, 0.3) is 0 Å². The van der Waals surface area contributed by atoms with Crippen LogP contribution in [0, 0.1) is 11.8 Å². The predicted octanol–water partition coefficient (Wildman–Crippen LogP) is 2.52. The average molecular weight is 352 g/mol. The zero-order chi connectivity index (χ0) is 18.3. The van der Waals surface area contributed by atoms with E-state index in [0.29, 0.717) is 12.8 Å². The van der Waals surface area contributed by atoms with Crippen molar-refractivity contribution < 1.29 is 14.4 Å². The molecule has 3 amide bonds. The average Bonchev–Trinajstić information content (AvgIpc) is 2.92. The zero-order valence-corrected chi connectivity index (χ0v) is 15.0. The van der Waals surface area contributed by atoms with Crippen molar-refractivity contribution >= 4 is 17.7 Å². The van der Waals surface area contributed by atoms with Crippen LogP contribution in [0.2, 0.25) is 0 Å². The Hall–Kier alpha value is -2.43. The molecule has 0 unspecified atom stereocenters. The van der Waals surface area contributed by atoms with E-state index in [-0.39, 0.29) is 35.6 Å². The molecule has 2 aliphatic carbocycles. The number of amides is 3. The van der Waals surface area contributed by atoms with Crippen LogP contribution in [0.15, 0.2) is 36.4 Å². The number of benzene rings is 1. The van der Waals surface area contributed by atoms with Gasteiger partial charge in [-0.25, -0.2) is 0 Å². The van der Waals surface area contributed by atoms with E-state index in [1.807, 2.05) is 24.3 Å². The van der Waals surface area contributed by atoms with Crippen molar-refractivity contribution in [3.8, 4) is 0 Å². The van der Waals surface area contributed by atoms with Gasteiger partial charge in [0.2, 0.25) is 17.7 Å². The SMILES string of the molecule is C[C@@H](C(=O)N[C@@H]1CCCc2ccccc21)N1C(=O)[C@H]2CC=CC[C@@H]2C1=O. The molecule has 1 heterocycles. The number of fused-ring (bicyclic) bond motifs is 2. The summed E-state index contributed by atoms with van der Waals surface area (Å²) >= 11 is 0. The summed E-state index contributed by atoms with van der Waals surface area (Å²) in [5.74, 6) is -1.23. The molecule has 1 fully saturated rings. The highest BCUT2D eigenvalue weighted by Crippen LogP contribution is 2.36. The lowest BCUT2D eigenvalue weighted by atomic mass is 9.85. The number of rotatable bonds is 3. The van der Waals surface area contributed by atoms with E-state index < -0.39 is 6.04 Å². The first kappa shape index (κ1) is 17.0. The zero-order valence-electron chi connectivity index (χ0n) is 15.0. The Morgan fingerprint density at radius 3 is 2.46 bits per heavy atom. The van der Waals surface area contributed by atoms with Gasteiger partial charge in [-0.2, -0.15) is 0 Å². The normalized spacial score (nSPS) is 28.5.